The van der Waals surface area contributed by atoms with Crippen molar-refractivity contribution in [2.75, 3.05) is 0 Å². The van der Waals surface area contributed by atoms with Crippen molar-refractivity contribution < 1.29 is 0 Å². The first-order valence-electron chi connectivity index (χ1n) is 22.1. The average molecular weight is 701 g/mol. The molecule has 0 aromatic rings. The predicted molar refractivity (Wildman–Crippen MR) is 240 cm³/mol. The highest BCUT2D eigenvalue weighted by molar-refractivity contribution is 4.86. The van der Waals surface area contributed by atoms with E-state index in [1.165, 1.54) is 77.0 Å². The molecule has 2 unspecified atom stereocenters. The van der Waals surface area contributed by atoms with Crippen molar-refractivity contribution in [3.63, 3.8) is 0 Å². The second kappa shape index (κ2) is 40.8. The maximum absolute atomic E-state index is 2.35. The highest BCUT2D eigenvalue weighted by Crippen LogP contribution is 2.47. The minimum absolute atomic E-state index is 0.542. The molecule has 0 nitrogen and oxygen atoms in total. The Morgan fingerprint density at radius 1 is 0.490 bits per heavy atom. The maximum atomic E-state index is 2.35. The normalized spacial score (nSPS) is 16.4. The van der Waals surface area contributed by atoms with Gasteiger partial charge in [-0.3, -0.25) is 0 Å². The van der Waals surface area contributed by atoms with Gasteiger partial charge in [0, 0.05) is 0 Å². The Hall–Kier alpha value is 0. The Labute approximate surface area is 320 Å². The van der Waals surface area contributed by atoms with E-state index in [0.717, 1.165) is 46.8 Å². The molecule has 2 rings (SSSR count). The largest absolute Gasteiger partial charge is 0.0654 e. The van der Waals surface area contributed by atoms with Crippen LogP contribution in [0, 0.1) is 57.7 Å². The third kappa shape index (κ3) is 93.3. The van der Waals surface area contributed by atoms with Gasteiger partial charge >= 0.3 is 0 Å². The third-order valence-corrected chi connectivity index (χ3v) is 10.5. The standard InChI is InChI=1S/C6H12.4C6H14.C5H10.2C5H12.C4H10/c1-3-6(2)4-5-6;2*1-5-6(2,3)4;1-5(2)6(3)4;1-4-6(3)5-2;1-4-3-5(4)2;2*1-4-5(2)3;1-3-4-2/h3-5H2,1-2H3;2*5H2,1-4H3;5-6H,1-4H3;6H,4-5H2,1-3H3;4-5H,3H2,1-2H3;2*5H,4H2,1-3H3;3-4H2,1-2H3. The fourth-order valence-electron chi connectivity index (χ4n) is 1.36. The third-order valence-electron chi connectivity index (χ3n) is 10.5. The van der Waals surface area contributed by atoms with Crippen molar-refractivity contribution in [2.24, 2.45) is 57.7 Å². The zero-order valence-electron chi connectivity index (χ0n) is 41.0. The van der Waals surface area contributed by atoms with Crippen molar-refractivity contribution in [1.82, 2.24) is 0 Å². The molecule has 2 atom stereocenters. The lowest BCUT2D eigenvalue weighted by Crippen LogP contribution is -2.00. The van der Waals surface area contributed by atoms with Gasteiger partial charge in [0.1, 0.15) is 0 Å². The average Bonchev–Trinajstić information content (AvgIpc) is 3.95. The molecule has 0 heterocycles. The molecule has 0 aromatic heterocycles. The van der Waals surface area contributed by atoms with E-state index in [0.29, 0.717) is 10.8 Å². The van der Waals surface area contributed by atoms with E-state index in [-0.39, 0.29) is 0 Å². The van der Waals surface area contributed by atoms with Crippen molar-refractivity contribution in [3.05, 3.63) is 0 Å². The van der Waals surface area contributed by atoms with Crippen LogP contribution < -0.4 is 0 Å². The van der Waals surface area contributed by atoms with E-state index in [1.54, 1.807) is 0 Å². The van der Waals surface area contributed by atoms with E-state index >= 15 is 0 Å². The molecule has 0 saturated heterocycles. The molecule has 0 bridgehead atoms. The van der Waals surface area contributed by atoms with E-state index in [1.807, 2.05) is 0 Å². The van der Waals surface area contributed by atoms with E-state index in [9.17, 15) is 0 Å². The summed E-state index contributed by atoms with van der Waals surface area (Å²) in [5, 5.41) is 0. The summed E-state index contributed by atoms with van der Waals surface area (Å²) in [6.07, 6.45) is 16.3. The molecule has 0 aliphatic heterocycles. The molecule has 2 aliphatic rings. The monoisotopic (exact) mass is 701 g/mol. The molecule has 0 heteroatoms. The van der Waals surface area contributed by atoms with Crippen LogP contribution in [-0.2, 0) is 0 Å². The van der Waals surface area contributed by atoms with Gasteiger partial charge in [-0.05, 0) is 76.9 Å². The summed E-state index contributed by atoms with van der Waals surface area (Å²) in [7, 11) is 0. The van der Waals surface area contributed by atoms with E-state index in [2.05, 4.69) is 187 Å². The molecular formula is C49H112. The zero-order valence-corrected chi connectivity index (χ0v) is 41.0. The Kier molecular flexibility index (Phi) is 53.2. The van der Waals surface area contributed by atoms with Crippen LogP contribution in [0.3, 0.4) is 0 Å². The van der Waals surface area contributed by atoms with Crippen LogP contribution in [0.15, 0.2) is 0 Å². The Bertz CT molecular complexity index is 493. The lowest BCUT2D eigenvalue weighted by molar-refractivity contribution is 0.397. The molecule has 49 heavy (non-hydrogen) atoms. The lowest BCUT2D eigenvalue weighted by Gasteiger charge is -2.12. The van der Waals surface area contributed by atoms with Crippen molar-refractivity contribution >= 4 is 0 Å². The van der Waals surface area contributed by atoms with Gasteiger partial charge < -0.3 is 0 Å². The second-order valence-electron chi connectivity index (χ2n) is 19.7. The molecular weight excluding hydrogens is 589 g/mol. The summed E-state index contributed by atoms with van der Waals surface area (Å²) < 4.78 is 0. The van der Waals surface area contributed by atoms with Crippen LogP contribution in [0.1, 0.15) is 264 Å². The van der Waals surface area contributed by atoms with Crippen molar-refractivity contribution in [1.29, 1.82) is 0 Å². The van der Waals surface area contributed by atoms with Crippen molar-refractivity contribution in [3.8, 4) is 0 Å². The summed E-state index contributed by atoms with van der Waals surface area (Å²) in [6.45, 7) is 60.4. The molecule has 2 aliphatic carbocycles. The molecule has 0 aromatic carbocycles. The van der Waals surface area contributed by atoms with E-state index < -0.39 is 0 Å². The van der Waals surface area contributed by atoms with Gasteiger partial charge in [0.2, 0.25) is 0 Å². The molecule has 0 N–H and O–H groups in total. The summed E-state index contributed by atoms with van der Waals surface area (Å²) in [6, 6.07) is 0. The summed E-state index contributed by atoms with van der Waals surface area (Å²) in [4.78, 5) is 0. The van der Waals surface area contributed by atoms with Gasteiger partial charge in [0.05, 0.1) is 0 Å². The molecule has 0 amide bonds. The molecule has 0 spiro atoms. The molecule has 2 saturated carbocycles. The summed E-state index contributed by atoms with van der Waals surface area (Å²) >= 11 is 0. The van der Waals surface area contributed by atoms with Gasteiger partial charge in [-0.1, -0.05) is 245 Å². The maximum Gasteiger partial charge on any atom is -0.0328 e. The number of hydrogen-bond acceptors (Lipinski definition) is 0. The predicted octanol–water partition coefficient (Wildman–Crippen LogP) is 19.4. The second-order valence-corrected chi connectivity index (χ2v) is 19.7. The Morgan fingerprint density at radius 3 is 0.694 bits per heavy atom. The minimum atomic E-state index is 0.542. The van der Waals surface area contributed by atoms with Crippen LogP contribution in [0.4, 0.5) is 0 Å². The van der Waals surface area contributed by atoms with Crippen molar-refractivity contribution in [2.45, 2.75) is 264 Å². The van der Waals surface area contributed by atoms with Crippen LogP contribution in [0.25, 0.3) is 0 Å². The van der Waals surface area contributed by atoms with Gasteiger partial charge in [0.15, 0.2) is 0 Å². The lowest BCUT2D eigenvalue weighted by atomic mass is 9.94. The van der Waals surface area contributed by atoms with E-state index in [4.69, 9.17) is 0 Å². The van der Waals surface area contributed by atoms with Gasteiger partial charge in [-0.15, -0.1) is 0 Å². The summed E-state index contributed by atoms with van der Waals surface area (Å²) in [5.41, 5.74) is 1.88. The first-order chi connectivity index (χ1) is 22.1. The molecule has 308 valence electrons. The zero-order chi connectivity index (χ0) is 41.0. The first kappa shape index (κ1) is 64.0. The molecule has 0 radical (unpaired) electrons. The SMILES string of the molecule is CC(C)C(C)C.CC1CC1C.CCC(C)(C)C.CCC(C)(C)C.CCC(C)C.CCC(C)C.CCC(C)CC.CCC1(C)CC1.CCCC. The Balaban J connectivity index is -0.0000000812. The van der Waals surface area contributed by atoms with Gasteiger partial charge in [-0.2, -0.15) is 0 Å². The molecule has 2 fully saturated rings. The highest BCUT2D eigenvalue weighted by Gasteiger charge is 2.34. The Morgan fingerprint density at radius 2 is 0.694 bits per heavy atom. The number of rotatable bonds is 7. The smallest absolute Gasteiger partial charge is 0.0328 e. The van der Waals surface area contributed by atoms with Crippen LogP contribution in [0.5, 0.6) is 0 Å². The minimum Gasteiger partial charge on any atom is -0.0654 e. The van der Waals surface area contributed by atoms with Gasteiger partial charge in [0.25, 0.3) is 0 Å². The first-order valence-corrected chi connectivity index (χ1v) is 22.1. The quantitative estimate of drug-likeness (QED) is 0.248. The highest BCUT2D eigenvalue weighted by atomic mass is 14.4. The van der Waals surface area contributed by atoms with Gasteiger partial charge in [-0.25, -0.2) is 0 Å². The fraction of sp³-hybridized carbons (Fsp3) is 1.00. The fourth-order valence-corrected chi connectivity index (χ4v) is 1.36. The van der Waals surface area contributed by atoms with Crippen LogP contribution in [0.2, 0.25) is 0 Å². The number of unbranched alkanes of at least 4 members (excludes halogenated alkanes) is 1. The summed E-state index contributed by atoms with van der Waals surface area (Å²) in [5.74, 6) is 6.51. The van der Waals surface area contributed by atoms with Crippen LogP contribution >= 0.6 is 0 Å². The van der Waals surface area contributed by atoms with Crippen LogP contribution in [-0.4, -0.2) is 0 Å². The topological polar surface area (TPSA) is 0 Å². The number of hydrogen-bond donors (Lipinski definition) is 0.